The van der Waals surface area contributed by atoms with Gasteiger partial charge in [0.1, 0.15) is 12.7 Å². The first-order valence-electron chi connectivity index (χ1n) is 7.26. The normalized spacial score (nSPS) is 18.7. The van der Waals surface area contributed by atoms with Crippen molar-refractivity contribution in [2.24, 2.45) is 5.73 Å². The van der Waals surface area contributed by atoms with Crippen LogP contribution >= 0.6 is 0 Å². The van der Waals surface area contributed by atoms with Crippen LogP contribution in [0.2, 0.25) is 0 Å². The van der Waals surface area contributed by atoms with E-state index in [1.807, 2.05) is 29.2 Å². The molecule has 0 saturated carbocycles. The van der Waals surface area contributed by atoms with Crippen molar-refractivity contribution in [2.75, 3.05) is 13.1 Å². The highest BCUT2D eigenvalue weighted by molar-refractivity contribution is 5.98. The highest BCUT2D eigenvalue weighted by atomic mass is 16.2. The number of para-hydroxylation sites is 1. The zero-order chi connectivity index (χ0) is 14.7. The van der Waals surface area contributed by atoms with E-state index in [2.05, 4.69) is 10.2 Å². The molecule has 2 N–H and O–H groups in total. The molecular weight excluding hydrogens is 266 g/mol. The Morgan fingerprint density at radius 2 is 2.00 bits per heavy atom. The van der Waals surface area contributed by atoms with Gasteiger partial charge >= 0.3 is 0 Å². The van der Waals surface area contributed by atoms with E-state index in [1.165, 1.54) is 0 Å². The Balaban J connectivity index is 1.94. The van der Waals surface area contributed by atoms with Gasteiger partial charge in [0.15, 0.2) is 0 Å². The van der Waals surface area contributed by atoms with E-state index in [1.54, 1.807) is 17.2 Å². The number of likely N-dealkylation sites (tertiary alicyclic amines) is 1. The monoisotopic (exact) mass is 285 g/mol. The van der Waals surface area contributed by atoms with Crippen molar-refractivity contribution >= 4 is 5.91 Å². The molecule has 0 bridgehead atoms. The second kappa shape index (κ2) is 6.05. The van der Waals surface area contributed by atoms with E-state index in [0.717, 1.165) is 31.5 Å². The molecule has 0 radical (unpaired) electrons. The van der Waals surface area contributed by atoms with E-state index in [4.69, 9.17) is 5.73 Å². The third-order valence-electron chi connectivity index (χ3n) is 3.99. The van der Waals surface area contributed by atoms with Gasteiger partial charge in [-0.15, -0.1) is 10.2 Å². The molecule has 1 fully saturated rings. The Morgan fingerprint density at radius 1 is 1.24 bits per heavy atom. The van der Waals surface area contributed by atoms with Gasteiger partial charge in [0, 0.05) is 19.1 Å². The van der Waals surface area contributed by atoms with Gasteiger partial charge < -0.3 is 10.6 Å². The summed E-state index contributed by atoms with van der Waals surface area (Å²) in [5.74, 6) is 0.0365. The molecule has 1 aliphatic heterocycles. The van der Waals surface area contributed by atoms with Crippen LogP contribution in [0.5, 0.6) is 0 Å². The van der Waals surface area contributed by atoms with Crippen LogP contribution in [0.1, 0.15) is 29.6 Å². The minimum atomic E-state index is 0.0365. The summed E-state index contributed by atoms with van der Waals surface area (Å²) in [5.41, 5.74) is 7.29. The summed E-state index contributed by atoms with van der Waals surface area (Å²) in [6.45, 7) is 1.29. The van der Waals surface area contributed by atoms with Crippen LogP contribution in [-0.4, -0.2) is 44.7 Å². The number of carbonyl (C=O) groups is 1. The van der Waals surface area contributed by atoms with Crippen LogP contribution in [0, 0.1) is 0 Å². The topological polar surface area (TPSA) is 77.0 Å². The van der Waals surface area contributed by atoms with Crippen molar-refractivity contribution in [2.45, 2.75) is 25.3 Å². The number of rotatable bonds is 3. The quantitative estimate of drug-likeness (QED) is 0.920. The second-order valence-corrected chi connectivity index (χ2v) is 5.27. The Kier molecular flexibility index (Phi) is 3.96. The Bertz CT molecular complexity index is 610. The number of amides is 1. The second-order valence-electron chi connectivity index (χ2n) is 5.27. The maximum absolute atomic E-state index is 12.9. The number of carbonyl (C=O) groups excluding carboxylic acids is 1. The zero-order valence-corrected chi connectivity index (χ0v) is 11.9. The van der Waals surface area contributed by atoms with E-state index in [0.29, 0.717) is 12.1 Å². The maximum atomic E-state index is 12.9. The smallest absolute Gasteiger partial charge is 0.256 e. The van der Waals surface area contributed by atoms with Crippen LogP contribution in [0.4, 0.5) is 0 Å². The molecule has 3 rings (SSSR count). The van der Waals surface area contributed by atoms with Gasteiger partial charge in [-0.3, -0.25) is 9.36 Å². The van der Waals surface area contributed by atoms with E-state index in [9.17, 15) is 4.79 Å². The van der Waals surface area contributed by atoms with Crippen LogP contribution < -0.4 is 5.73 Å². The number of nitrogens with two attached hydrogens (primary N) is 1. The molecular formula is C15H19N5O. The standard InChI is InChI=1S/C15H19N5O/c16-9-12-5-3-4-8-20(12)15(21)13-6-1-2-7-14(13)19-10-17-18-11-19/h1-2,6-7,10-12H,3-5,8-9,16H2. The van der Waals surface area contributed by atoms with Gasteiger partial charge in [0.2, 0.25) is 0 Å². The molecule has 110 valence electrons. The van der Waals surface area contributed by atoms with Crippen molar-refractivity contribution in [1.29, 1.82) is 0 Å². The first-order chi connectivity index (χ1) is 10.3. The molecule has 6 nitrogen and oxygen atoms in total. The van der Waals surface area contributed by atoms with Crippen molar-refractivity contribution < 1.29 is 4.79 Å². The number of benzene rings is 1. The summed E-state index contributed by atoms with van der Waals surface area (Å²) >= 11 is 0. The molecule has 0 aliphatic carbocycles. The SMILES string of the molecule is NCC1CCCCN1C(=O)c1ccccc1-n1cnnc1. The molecule has 1 atom stereocenters. The minimum absolute atomic E-state index is 0.0365. The molecule has 1 unspecified atom stereocenters. The number of hydrogen-bond donors (Lipinski definition) is 1. The van der Waals surface area contributed by atoms with Crippen LogP contribution in [0.25, 0.3) is 5.69 Å². The summed E-state index contributed by atoms with van der Waals surface area (Å²) in [6.07, 6.45) is 6.36. The van der Waals surface area contributed by atoms with Crippen LogP contribution in [0.3, 0.4) is 0 Å². The lowest BCUT2D eigenvalue weighted by molar-refractivity contribution is 0.0623. The third-order valence-corrected chi connectivity index (χ3v) is 3.99. The van der Waals surface area contributed by atoms with Gasteiger partial charge in [-0.1, -0.05) is 12.1 Å². The largest absolute Gasteiger partial charge is 0.334 e. The molecule has 6 heteroatoms. The highest BCUT2D eigenvalue weighted by Gasteiger charge is 2.27. The van der Waals surface area contributed by atoms with E-state index < -0.39 is 0 Å². The van der Waals surface area contributed by atoms with E-state index >= 15 is 0 Å². The van der Waals surface area contributed by atoms with Crippen LogP contribution in [-0.2, 0) is 0 Å². The van der Waals surface area contributed by atoms with Gasteiger partial charge in [-0.25, -0.2) is 0 Å². The third kappa shape index (κ3) is 2.67. The molecule has 21 heavy (non-hydrogen) atoms. The maximum Gasteiger partial charge on any atom is 0.256 e. The zero-order valence-electron chi connectivity index (χ0n) is 11.9. The predicted molar refractivity (Wildman–Crippen MR) is 79.1 cm³/mol. The van der Waals surface area contributed by atoms with Crippen molar-refractivity contribution in [3.05, 3.63) is 42.5 Å². The summed E-state index contributed by atoms with van der Waals surface area (Å²) < 4.78 is 1.76. The van der Waals surface area contributed by atoms with Gasteiger partial charge in [-0.2, -0.15) is 0 Å². The fourth-order valence-electron chi connectivity index (χ4n) is 2.87. The molecule has 1 aromatic heterocycles. The highest BCUT2D eigenvalue weighted by Crippen LogP contribution is 2.22. The van der Waals surface area contributed by atoms with Gasteiger partial charge in [-0.05, 0) is 31.4 Å². The Labute approximate surface area is 123 Å². The summed E-state index contributed by atoms with van der Waals surface area (Å²) in [6, 6.07) is 7.67. The summed E-state index contributed by atoms with van der Waals surface area (Å²) in [4.78, 5) is 14.8. The lowest BCUT2D eigenvalue weighted by atomic mass is 10.0. The molecule has 1 saturated heterocycles. The molecule has 1 aliphatic rings. The average Bonchev–Trinajstić information content (AvgIpc) is 3.08. The fourth-order valence-corrected chi connectivity index (χ4v) is 2.87. The minimum Gasteiger partial charge on any atom is -0.334 e. The molecule has 2 heterocycles. The lowest BCUT2D eigenvalue weighted by Crippen LogP contribution is -2.47. The van der Waals surface area contributed by atoms with Crippen molar-refractivity contribution in [1.82, 2.24) is 19.7 Å². The van der Waals surface area contributed by atoms with Crippen molar-refractivity contribution in [3.8, 4) is 5.69 Å². The van der Waals surface area contributed by atoms with Gasteiger partial charge in [0.25, 0.3) is 5.91 Å². The fraction of sp³-hybridized carbons (Fsp3) is 0.400. The molecule has 1 aromatic carbocycles. The summed E-state index contributed by atoms with van der Waals surface area (Å²) in [5, 5.41) is 7.62. The first kappa shape index (κ1) is 13.8. The molecule has 2 aromatic rings. The van der Waals surface area contributed by atoms with E-state index in [-0.39, 0.29) is 11.9 Å². The van der Waals surface area contributed by atoms with Gasteiger partial charge in [0.05, 0.1) is 11.3 Å². The number of piperidine rings is 1. The number of hydrogen-bond acceptors (Lipinski definition) is 4. The Hall–Kier alpha value is -2.21. The summed E-state index contributed by atoms with van der Waals surface area (Å²) in [7, 11) is 0. The Morgan fingerprint density at radius 3 is 2.76 bits per heavy atom. The first-order valence-corrected chi connectivity index (χ1v) is 7.26. The van der Waals surface area contributed by atoms with Crippen LogP contribution in [0.15, 0.2) is 36.9 Å². The number of nitrogens with zero attached hydrogens (tertiary/aromatic N) is 4. The molecule has 1 amide bonds. The average molecular weight is 285 g/mol. The number of aromatic nitrogens is 3. The van der Waals surface area contributed by atoms with Crippen molar-refractivity contribution in [3.63, 3.8) is 0 Å². The predicted octanol–water partition coefficient (Wildman–Crippen LogP) is 1.22. The lowest BCUT2D eigenvalue weighted by Gasteiger charge is -2.35. The molecule has 0 spiro atoms.